The Labute approximate surface area is 181 Å². The van der Waals surface area contributed by atoms with Gasteiger partial charge in [-0.3, -0.25) is 4.79 Å². The molecule has 3 aliphatic rings. The van der Waals surface area contributed by atoms with Crippen molar-refractivity contribution in [3.63, 3.8) is 0 Å². The highest BCUT2D eigenvalue weighted by Crippen LogP contribution is 2.56. The molecule has 0 bridgehead atoms. The van der Waals surface area contributed by atoms with Crippen LogP contribution in [0, 0.1) is 5.82 Å². The smallest absolute Gasteiger partial charge is 0.165 e. The molecule has 158 valence electrons. The van der Waals surface area contributed by atoms with Crippen LogP contribution in [0.5, 0.6) is 0 Å². The molecular formula is C24H28FN3OS. The number of carbonyl (C=O) groups is 1. The first-order valence-electron chi connectivity index (χ1n) is 10.9. The quantitative estimate of drug-likeness (QED) is 0.542. The van der Waals surface area contributed by atoms with Crippen molar-refractivity contribution in [2.24, 2.45) is 0 Å². The number of ketones is 1. The Balaban J connectivity index is 1.39. The van der Waals surface area contributed by atoms with Crippen molar-refractivity contribution in [3.8, 4) is 0 Å². The van der Waals surface area contributed by atoms with Gasteiger partial charge < -0.3 is 16.0 Å². The number of carbonyl (C=O) groups excluding carboxylic acids is 1. The molecule has 1 fully saturated rings. The molecule has 2 aromatic rings. The molecule has 0 aliphatic carbocycles. The van der Waals surface area contributed by atoms with Crippen LogP contribution in [0.15, 0.2) is 41.3 Å². The maximum absolute atomic E-state index is 13.6. The number of hydrogen-bond donors (Lipinski definition) is 2. The summed E-state index contributed by atoms with van der Waals surface area (Å²) in [7, 11) is 0. The number of piperidine rings is 1. The number of nitrogens with two attached hydrogens (primary N) is 1. The molecular weight excluding hydrogens is 397 g/mol. The molecule has 0 amide bonds. The molecule has 30 heavy (non-hydrogen) atoms. The number of hydrogen-bond acceptors (Lipinski definition) is 5. The van der Waals surface area contributed by atoms with Crippen LogP contribution in [-0.2, 0) is 0 Å². The molecule has 0 radical (unpaired) electrons. The zero-order valence-electron chi connectivity index (χ0n) is 17.1. The van der Waals surface area contributed by atoms with Gasteiger partial charge in [0.25, 0.3) is 0 Å². The van der Waals surface area contributed by atoms with E-state index >= 15 is 0 Å². The molecule has 0 unspecified atom stereocenters. The van der Waals surface area contributed by atoms with Gasteiger partial charge in [-0.25, -0.2) is 4.39 Å². The van der Waals surface area contributed by atoms with Crippen molar-refractivity contribution in [2.45, 2.75) is 48.5 Å². The van der Waals surface area contributed by atoms with Crippen LogP contribution in [0.2, 0.25) is 0 Å². The monoisotopic (exact) mass is 425 g/mol. The number of para-hydroxylation sites is 1. The first kappa shape index (κ1) is 19.9. The number of anilines is 2. The standard InChI is InChI=1S/C24H28FN3OS/c25-16-7-8-20(26)18(14-16)21(29)5-2-9-24-10-11-27-15-19(24)17-4-1-6-22-23(17)28(24)12-3-13-30-22/h1,4,6-8,14,19,27H,2-3,5,9-13,15,26H2/t19-,24-/m0/s1. The molecule has 3 heterocycles. The molecule has 0 spiro atoms. The summed E-state index contributed by atoms with van der Waals surface area (Å²) in [5, 5.41) is 3.60. The van der Waals surface area contributed by atoms with Crippen LogP contribution in [0.1, 0.15) is 53.9 Å². The first-order valence-corrected chi connectivity index (χ1v) is 11.9. The number of nitrogen functional groups attached to an aromatic ring is 1. The van der Waals surface area contributed by atoms with Crippen LogP contribution >= 0.6 is 11.8 Å². The summed E-state index contributed by atoms with van der Waals surface area (Å²) in [6.07, 6.45) is 4.44. The SMILES string of the molecule is Nc1ccc(F)cc1C(=O)CCC[C@]12CCNC[C@H]1c1cccc3c1N2CCCS3. The second kappa shape index (κ2) is 7.89. The van der Waals surface area contributed by atoms with Gasteiger partial charge in [0, 0.05) is 47.1 Å². The molecule has 1 saturated heterocycles. The van der Waals surface area contributed by atoms with E-state index in [9.17, 15) is 9.18 Å². The summed E-state index contributed by atoms with van der Waals surface area (Å²) >= 11 is 1.97. The zero-order chi connectivity index (χ0) is 20.7. The predicted octanol–water partition coefficient (Wildman–Crippen LogP) is 4.59. The third-order valence-electron chi connectivity index (χ3n) is 7.06. The van der Waals surface area contributed by atoms with Gasteiger partial charge in [0.2, 0.25) is 0 Å². The number of Topliss-reactive ketones (excluding diaryl/α,β-unsaturated/α-hetero) is 1. The van der Waals surface area contributed by atoms with Crippen molar-refractivity contribution >= 4 is 28.9 Å². The number of benzene rings is 2. The fourth-order valence-corrected chi connectivity index (χ4v) is 6.75. The third kappa shape index (κ3) is 3.21. The molecule has 0 saturated carbocycles. The Bertz CT molecular complexity index is 981. The lowest BCUT2D eigenvalue weighted by Gasteiger charge is -2.47. The zero-order valence-corrected chi connectivity index (χ0v) is 17.9. The number of fused-ring (bicyclic) bond motifs is 3. The van der Waals surface area contributed by atoms with Gasteiger partial charge in [-0.2, -0.15) is 0 Å². The van der Waals surface area contributed by atoms with Crippen LogP contribution in [0.3, 0.4) is 0 Å². The highest BCUT2D eigenvalue weighted by atomic mass is 32.2. The largest absolute Gasteiger partial charge is 0.398 e. The van der Waals surface area contributed by atoms with Gasteiger partial charge >= 0.3 is 0 Å². The summed E-state index contributed by atoms with van der Waals surface area (Å²) < 4.78 is 13.6. The first-order chi connectivity index (χ1) is 14.6. The minimum Gasteiger partial charge on any atom is -0.398 e. The van der Waals surface area contributed by atoms with Gasteiger partial charge in [0.1, 0.15) is 5.82 Å². The number of nitrogens with one attached hydrogen (secondary N) is 1. The fraction of sp³-hybridized carbons (Fsp3) is 0.458. The van der Waals surface area contributed by atoms with Crippen molar-refractivity contribution in [3.05, 3.63) is 53.3 Å². The average Bonchev–Trinajstić information content (AvgIpc) is 2.87. The fourth-order valence-electron chi connectivity index (χ4n) is 5.72. The number of thioether (sulfide) groups is 1. The number of nitrogens with zero attached hydrogens (tertiary/aromatic N) is 1. The average molecular weight is 426 g/mol. The van der Waals surface area contributed by atoms with E-state index in [-0.39, 0.29) is 11.3 Å². The minimum atomic E-state index is -0.412. The van der Waals surface area contributed by atoms with Gasteiger partial charge in [-0.1, -0.05) is 12.1 Å². The van der Waals surface area contributed by atoms with Crippen LogP contribution in [0.25, 0.3) is 0 Å². The van der Waals surface area contributed by atoms with E-state index < -0.39 is 5.82 Å². The van der Waals surface area contributed by atoms with Gasteiger partial charge in [0.05, 0.1) is 5.69 Å². The summed E-state index contributed by atoms with van der Waals surface area (Å²) in [5.41, 5.74) is 9.58. The summed E-state index contributed by atoms with van der Waals surface area (Å²) in [5.74, 6) is 1.14. The summed E-state index contributed by atoms with van der Waals surface area (Å²) in [6, 6.07) is 10.8. The number of rotatable bonds is 5. The van der Waals surface area contributed by atoms with E-state index in [2.05, 4.69) is 28.4 Å². The number of halogens is 1. The van der Waals surface area contributed by atoms with Gasteiger partial charge in [-0.05, 0) is 67.8 Å². The van der Waals surface area contributed by atoms with Gasteiger partial charge in [-0.15, -0.1) is 11.8 Å². The van der Waals surface area contributed by atoms with Crippen molar-refractivity contribution in [1.82, 2.24) is 5.32 Å². The second-order valence-corrected chi connectivity index (χ2v) is 9.80. The minimum absolute atomic E-state index is 0.0588. The summed E-state index contributed by atoms with van der Waals surface area (Å²) in [6.45, 7) is 3.08. The van der Waals surface area contributed by atoms with E-state index in [4.69, 9.17) is 5.73 Å². The van der Waals surface area contributed by atoms with Crippen LogP contribution in [0.4, 0.5) is 15.8 Å². The highest BCUT2D eigenvalue weighted by molar-refractivity contribution is 7.99. The Kier molecular flexibility index (Phi) is 5.23. The van der Waals surface area contributed by atoms with Crippen LogP contribution in [-0.4, -0.2) is 36.7 Å². The molecule has 2 atom stereocenters. The van der Waals surface area contributed by atoms with E-state index in [0.29, 0.717) is 23.6 Å². The van der Waals surface area contributed by atoms with Gasteiger partial charge in [0.15, 0.2) is 5.78 Å². The molecule has 6 heteroatoms. The Morgan fingerprint density at radius 2 is 2.23 bits per heavy atom. The maximum atomic E-state index is 13.6. The Hall–Kier alpha value is -2.05. The highest BCUT2D eigenvalue weighted by Gasteiger charge is 2.52. The van der Waals surface area contributed by atoms with Crippen molar-refractivity contribution < 1.29 is 9.18 Å². The predicted molar refractivity (Wildman–Crippen MR) is 121 cm³/mol. The maximum Gasteiger partial charge on any atom is 0.165 e. The van der Waals surface area contributed by atoms with E-state index in [1.54, 1.807) is 0 Å². The van der Waals surface area contributed by atoms with E-state index in [1.165, 1.54) is 40.8 Å². The van der Waals surface area contributed by atoms with Crippen molar-refractivity contribution in [1.29, 1.82) is 0 Å². The molecule has 2 aromatic carbocycles. The van der Waals surface area contributed by atoms with Crippen molar-refractivity contribution in [2.75, 3.05) is 36.0 Å². The molecule has 4 nitrogen and oxygen atoms in total. The second-order valence-electron chi connectivity index (χ2n) is 8.67. The normalized spacial score (nSPS) is 24.8. The molecule has 0 aromatic heterocycles. The lowest BCUT2D eigenvalue weighted by atomic mass is 9.73. The third-order valence-corrected chi connectivity index (χ3v) is 8.19. The topological polar surface area (TPSA) is 58.4 Å². The van der Waals surface area contributed by atoms with E-state index in [1.807, 2.05) is 11.8 Å². The van der Waals surface area contributed by atoms with Crippen LogP contribution < -0.4 is 16.0 Å². The lowest BCUT2D eigenvalue weighted by Crippen LogP contribution is -2.56. The summed E-state index contributed by atoms with van der Waals surface area (Å²) in [4.78, 5) is 16.9. The Morgan fingerprint density at radius 3 is 3.13 bits per heavy atom. The Morgan fingerprint density at radius 1 is 1.33 bits per heavy atom. The molecule has 3 aliphatic heterocycles. The van der Waals surface area contributed by atoms with E-state index in [0.717, 1.165) is 44.6 Å². The molecule has 3 N–H and O–H groups in total. The lowest BCUT2D eigenvalue weighted by molar-refractivity contribution is 0.0975. The molecule has 5 rings (SSSR count).